The molecule has 0 aliphatic carbocycles. The molecule has 0 saturated carbocycles. The summed E-state index contributed by atoms with van der Waals surface area (Å²) in [6.07, 6.45) is 0. The molecule has 0 spiro atoms. The summed E-state index contributed by atoms with van der Waals surface area (Å²) < 4.78 is 12.9. The summed E-state index contributed by atoms with van der Waals surface area (Å²) in [4.78, 5) is 0. The SMILES string of the molecule is N#C[C@H]1CNC[C@H]1c1cccc(F)c1. The van der Waals surface area contributed by atoms with Crippen molar-refractivity contribution in [3.05, 3.63) is 35.6 Å². The smallest absolute Gasteiger partial charge is 0.123 e. The van der Waals surface area contributed by atoms with Gasteiger partial charge in [0.1, 0.15) is 5.82 Å². The van der Waals surface area contributed by atoms with E-state index in [0.29, 0.717) is 6.54 Å². The van der Waals surface area contributed by atoms with Gasteiger partial charge in [-0.3, -0.25) is 0 Å². The third-order valence-electron chi connectivity index (χ3n) is 2.66. The molecule has 1 heterocycles. The monoisotopic (exact) mass is 190 g/mol. The van der Waals surface area contributed by atoms with Gasteiger partial charge in [-0.2, -0.15) is 5.26 Å². The molecule has 0 unspecified atom stereocenters. The Bertz CT molecular complexity index is 370. The Balaban J connectivity index is 2.27. The molecule has 1 aromatic rings. The Hall–Kier alpha value is -1.40. The molecule has 2 nitrogen and oxygen atoms in total. The zero-order valence-corrected chi connectivity index (χ0v) is 7.70. The van der Waals surface area contributed by atoms with E-state index in [1.54, 1.807) is 6.07 Å². The van der Waals surface area contributed by atoms with Crippen LogP contribution in [-0.2, 0) is 0 Å². The first kappa shape index (κ1) is 9.17. The topological polar surface area (TPSA) is 35.8 Å². The van der Waals surface area contributed by atoms with Gasteiger partial charge in [-0.05, 0) is 17.7 Å². The average Bonchev–Trinajstić information content (AvgIpc) is 2.65. The van der Waals surface area contributed by atoms with Gasteiger partial charge < -0.3 is 5.32 Å². The minimum Gasteiger partial charge on any atom is -0.315 e. The maximum atomic E-state index is 12.9. The number of rotatable bonds is 1. The molecular weight excluding hydrogens is 179 g/mol. The van der Waals surface area contributed by atoms with Crippen LogP contribution in [0.3, 0.4) is 0 Å². The number of halogens is 1. The highest BCUT2D eigenvalue weighted by Gasteiger charge is 2.28. The Morgan fingerprint density at radius 2 is 2.29 bits per heavy atom. The maximum Gasteiger partial charge on any atom is 0.123 e. The largest absolute Gasteiger partial charge is 0.315 e. The van der Waals surface area contributed by atoms with Gasteiger partial charge in [-0.15, -0.1) is 0 Å². The summed E-state index contributed by atoms with van der Waals surface area (Å²) in [6, 6.07) is 8.76. The number of nitrogens with zero attached hydrogens (tertiary/aromatic N) is 1. The van der Waals surface area contributed by atoms with Crippen LogP contribution in [0.1, 0.15) is 11.5 Å². The summed E-state index contributed by atoms with van der Waals surface area (Å²) in [5, 5.41) is 12.0. The number of benzene rings is 1. The van der Waals surface area contributed by atoms with Crippen LogP contribution in [0.4, 0.5) is 4.39 Å². The lowest BCUT2D eigenvalue weighted by Crippen LogP contribution is -2.08. The Morgan fingerprint density at radius 1 is 1.43 bits per heavy atom. The van der Waals surface area contributed by atoms with E-state index in [4.69, 9.17) is 5.26 Å². The first-order valence-electron chi connectivity index (χ1n) is 4.67. The van der Waals surface area contributed by atoms with E-state index in [2.05, 4.69) is 11.4 Å². The predicted molar refractivity (Wildman–Crippen MR) is 51.1 cm³/mol. The molecule has 1 fully saturated rings. The van der Waals surface area contributed by atoms with Crippen molar-refractivity contribution in [3.8, 4) is 6.07 Å². The molecule has 1 aromatic carbocycles. The van der Waals surface area contributed by atoms with Gasteiger partial charge in [-0.1, -0.05) is 12.1 Å². The molecule has 2 atom stereocenters. The second kappa shape index (κ2) is 3.77. The van der Waals surface area contributed by atoms with Crippen LogP contribution in [0.5, 0.6) is 0 Å². The summed E-state index contributed by atoms with van der Waals surface area (Å²) in [5.74, 6) is -0.126. The van der Waals surface area contributed by atoms with Crippen LogP contribution in [0.2, 0.25) is 0 Å². The number of hydrogen-bond acceptors (Lipinski definition) is 2. The lowest BCUT2D eigenvalue weighted by Gasteiger charge is -2.12. The van der Waals surface area contributed by atoms with Crippen molar-refractivity contribution < 1.29 is 4.39 Å². The Morgan fingerprint density at radius 3 is 3.00 bits per heavy atom. The van der Waals surface area contributed by atoms with E-state index in [1.165, 1.54) is 12.1 Å². The van der Waals surface area contributed by atoms with E-state index in [0.717, 1.165) is 12.1 Å². The average molecular weight is 190 g/mol. The van der Waals surface area contributed by atoms with E-state index < -0.39 is 0 Å². The second-order valence-corrected chi connectivity index (χ2v) is 3.56. The molecule has 72 valence electrons. The van der Waals surface area contributed by atoms with Crippen molar-refractivity contribution in [2.75, 3.05) is 13.1 Å². The number of nitriles is 1. The van der Waals surface area contributed by atoms with E-state index in [1.807, 2.05) is 6.07 Å². The summed E-state index contributed by atoms with van der Waals surface area (Å²) >= 11 is 0. The van der Waals surface area contributed by atoms with Gasteiger partial charge in [-0.25, -0.2) is 4.39 Å². The molecule has 1 aliphatic heterocycles. The minimum absolute atomic E-state index is 0.0307. The number of nitrogens with one attached hydrogen (secondary N) is 1. The van der Waals surface area contributed by atoms with Crippen LogP contribution in [0, 0.1) is 23.1 Å². The fraction of sp³-hybridized carbons (Fsp3) is 0.364. The Kier molecular flexibility index (Phi) is 2.47. The molecule has 1 aliphatic rings. The summed E-state index contributed by atoms with van der Waals surface area (Å²) in [7, 11) is 0. The first-order chi connectivity index (χ1) is 6.81. The predicted octanol–water partition coefficient (Wildman–Crippen LogP) is 1.65. The van der Waals surface area contributed by atoms with Gasteiger partial charge >= 0.3 is 0 Å². The highest BCUT2D eigenvalue weighted by molar-refractivity contribution is 5.25. The van der Waals surface area contributed by atoms with Crippen LogP contribution in [-0.4, -0.2) is 13.1 Å². The third-order valence-corrected chi connectivity index (χ3v) is 2.66. The van der Waals surface area contributed by atoms with Crippen LogP contribution < -0.4 is 5.32 Å². The first-order valence-corrected chi connectivity index (χ1v) is 4.67. The zero-order valence-electron chi connectivity index (χ0n) is 7.70. The molecule has 1 N–H and O–H groups in total. The fourth-order valence-corrected chi connectivity index (χ4v) is 1.90. The van der Waals surface area contributed by atoms with Crippen LogP contribution >= 0.6 is 0 Å². The van der Waals surface area contributed by atoms with Crippen molar-refractivity contribution in [1.82, 2.24) is 5.32 Å². The zero-order chi connectivity index (χ0) is 9.97. The van der Waals surface area contributed by atoms with Gasteiger partial charge in [0, 0.05) is 19.0 Å². The van der Waals surface area contributed by atoms with Gasteiger partial charge in [0.05, 0.1) is 12.0 Å². The van der Waals surface area contributed by atoms with Crippen molar-refractivity contribution in [2.45, 2.75) is 5.92 Å². The molecule has 0 amide bonds. The maximum absolute atomic E-state index is 12.9. The Labute approximate surface area is 82.4 Å². The van der Waals surface area contributed by atoms with Crippen molar-refractivity contribution in [2.24, 2.45) is 5.92 Å². The molecule has 0 aromatic heterocycles. The lowest BCUT2D eigenvalue weighted by atomic mass is 9.90. The van der Waals surface area contributed by atoms with Gasteiger partial charge in [0.2, 0.25) is 0 Å². The standard InChI is InChI=1S/C11H11FN2/c12-10-3-1-2-8(4-10)11-7-14-6-9(11)5-13/h1-4,9,11,14H,6-7H2/t9-,11-/m0/s1. The van der Waals surface area contributed by atoms with Crippen LogP contribution in [0.15, 0.2) is 24.3 Å². The fourth-order valence-electron chi connectivity index (χ4n) is 1.90. The molecule has 2 rings (SSSR count). The van der Waals surface area contributed by atoms with Crippen molar-refractivity contribution >= 4 is 0 Å². The second-order valence-electron chi connectivity index (χ2n) is 3.56. The minimum atomic E-state index is -0.230. The molecule has 0 radical (unpaired) electrons. The van der Waals surface area contributed by atoms with Crippen molar-refractivity contribution in [3.63, 3.8) is 0 Å². The summed E-state index contributed by atoms with van der Waals surface area (Å²) in [5.41, 5.74) is 0.918. The number of hydrogen-bond donors (Lipinski definition) is 1. The van der Waals surface area contributed by atoms with Crippen LogP contribution in [0.25, 0.3) is 0 Å². The highest BCUT2D eigenvalue weighted by Crippen LogP contribution is 2.27. The van der Waals surface area contributed by atoms with E-state index in [9.17, 15) is 4.39 Å². The molecular formula is C11H11FN2. The highest BCUT2D eigenvalue weighted by atomic mass is 19.1. The molecule has 3 heteroatoms. The lowest BCUT2D eigenvalue weighted by molar-refractivity contribution is 0.608. The van der Waals surface area contributed by atoms with Crippen molar-refractivity contribution in [1.29, 1.82) is 5.26 Å². The molecule has 14 heavy (non-hydrogen) atoms. The third kappa shape index (κ3) is 1.61. The van der Waals surface area contributed by atoms with Gasteiger partial charge in [0.25, 0.3) is 0 Å². The molecule has 0 bridgehead atoms. The quantitative estimate of drug-likeness (QED) is 0.731. The van der Waals surface area contributed by atoms with E-state index in [-0.39, 0.29) is 17.7 Å². The molecule has 1 saturated heterocycles. The normalized spacial score (nSPS) is 26.0. The van der Waals surface area contributed by atoms with Gasteiger partial charge in [0.15, 0.2) is 0 Å². The summed E-state index contributed by atoms with van der Waals surface area (Å²) in [6.45, 7) is 1.47. The van der Waals surface area contributed by atoms with E-state index >= 15 is 0 Å².